The molecule has 0 saturated heterocycles. The van der Waals surface area contributed by atoms with Crippen LogP contribution in [0.1, 0.15) is 0 Å². The Morgan fingerprint density at radius 3 is 2.73 bits per heavy atom. The molecule has 0 unspecified atom stereocenters. The first kappa shape index (κ1) is 7.68. The minimum absolute atomic E-state index is 0.0980. The third-order valence-corrected chi connectivity index (χ3v) is 1.31. The van der Waals surface area contributed by atoms with Gasteiger partial charge in [0, 0.05) is 6.07 Å². The van der Waals surface area contributed by atoms with E-state index in [2.05, 4.69) is 0 Å². The molecule has 0 bridgehead atoms. The van der Waals surface area contributed by atoms with Gasteiger partial charge >= 0.3 is 0 Å². The molecule has 3 N–H and O–H groups in total. The largest absolute Gasteiger partial charge is 0.508 e. The molecule has 0 fully saturated rings. The highest BCUT2D eigenvalue weighted by atomic mass is 16.5. The van der Waals surface area contributed by atoms with E-state index in [1.807, 2.05) is 5.48 Å². The molecule has 60 valence electrons. The Morgan fingerprint density at radius 1 is 1.45 bits per heavy atom. The van der Waals surface area contributed by atoms with Crippen molar-refractivity contribution in [3.63, 3.8) is 0 Å². The summed E-state index contributed by atoms with van der Waals surface area (Å²) in [6.45, 7) is 0. The Bertz CT molecular complexity index is 249. The number of nitrogens with one attached hydrogen (secondary N) is 1. The highest BCUT2D eigenvalue weighted by molar-refractivity contribution is 5.57. The second-order valence-electron chi connectivity index (χ2n) is 2.00. The predicted molar refractivity (Wildman–Crippen MR) is 40.1 cm³/mol. The Balaban J connectivity index is 3.06. The minimum atomic E-state index is 0.0980. The Labute approximate surface area is 64.0 Å². The molecule has 0 aliphatic heterocycles. The molecule has 1 aromatic rings. The topological polar surface area (TPSA) is 61.7 Å². The van der Waals surface area contributed by atoms with E-state index in [0.29, 0.717) is 11.4 Å². The van der Waals surface area contributed by atoms with E-state index < -0.39 is 0 Å². The van der Waals surface area contributed by atoms with Crippen molar-refractivity contribution in [2.24, 2.45) is 0 Å². The van der Waals surface area contributed by atoms with Gasteiger partial charge in [0.15, 0.2) is 0 Å². The molecular formula is C7H9NO3. The maximum Gasteiger partial charge on any atom is 0.147 e. The number of phenolic OH excluding ortho intramolecular Hbond substituents is 1. The van der Waals surface area contributed by atoms with Gasteiger partial charge in [-0.3, -0.25) is 10.7 Å². The first-order chi connectivity index (χ1) is 5.27. The fourth-order valence-corrected chi connectivity index (χ4v) is 0.772. The lowest BCUT2D eigenvalue weighted by molar-refractivity contribution is 0.371. The second kappa shape index (κ2) is 3.12. The zero-order valence-electron chi connectivity index (χ0n) is 6.03. The van der Waals surface area contributed by atoms with E-state index >= 15 is 0 Å². The number of rotatable bonds is 2. The zero-order valence-corrected chi connectivity index (χ0v) is 6.03. The number of hydrogen-bond acceptors (Lipinski definition) is 4. The average molecular weight is 155 g/mol. The van der Waals surface area contributed by atoms with E-state index in [4.69, 9.17) is 15.1 Å². The fourth-order valence-electron chi connectivity index (χ4n) is 0.772. The first-order valence-electron chi connectivity index (χ1n) is 3.05. The van der Waals surface area contributed by atoms with Crippen LogP contribution in [0.25, 0.3) is 0 Å². The second-order valence-corrected chi connectivity index (χ2v) is 2.00. The Morgan fingerprint density at radius 2 is 2.18 bits per heavy atom. The summed E-state index contributed by atoms with van der Waals surface area (Å²) in [6.07, 6.45) is 0. The highest BCUT2D eigenvalue weighted by Crippen LogP contribution is 2.27. The van der Waals surface area contributed by atoms with E-state index in [0.717, 1.165) is 0 Å². The van der Waals surface area contributed by atoms with Crippen LogP contribution in [0.5, 0.6) is 11.5 Å². The van der Waals surface area contributed by atoms with Crippen molar-refractivity contribution < 1.29 is 15.1 Å². The quantitative estimate of drug-likeness (QED) is 0.443. The molecule has 11 heavy (non-hydrogen) atoms. The van der Waals surface area contributed by atoms with Crippen LogP contribution < -0.4 is 10.2 Å². The molecule has 1 aromatic carbocycles. The number of hydrogen-bond donors (Lipinski definition) is 3. The SMILES string of the molecule is COc1cc(O)ccc1NO. The molecule has 0 radical (unpaired) electrons. The lowest BCUT2D eigenvalue weighted by Crippen LogP contribution is -1.93. The van der Waals surface area contributed by atoms with Crippen LogP contribution in [-0.4, -0.2) is 17.4 Å². The van der Waals surface area contributed by atoms with Gasteiger partial charge in [-0.15, -0.1) is 0 Å². The van der Waals surface area contributed by atoms with Gasteiger partial charge in [0.2, 0.25) is 0 Å². The summed E-state index contributed by atoms with van der Waals surface area (Å²) in [6, 6.07) is 4.35. The van der Waals surface area contributed by atoms with Gasteiger partial charge in [0.25, 0.3) is 0 Å². The number of benzene rings is 1. The molecule has 0 atom stereocenters. The van der Waals surface area contributed by atoms with Crippen molar-refractivity contribution >= 4 is 5.69 Å². The normalized spacial score (nSPS) is 9.27. The summed E-state index contributed by atoms with van der Waals surface area (Å²) in [5, 5.41) is 17.5. The third kappa shape index (κ3) is 1.53. The molecule has 4 heteroatoms. The molecule has 4 nitrogen and oxygen atoms in total. The Kier molecular flexibility index (Phi) is 2.18. The predicted octanol–water partition coefficient (Wildman–Crippen LogP) is 1.20. The molecule has 0 aliphatic carbocycles. The highest BCUT2D eigenvalue weighted by Gasteiger charge is 2.00. The number of anilines is 1. The van der Waals surface area contributed by atoms with Crippen LogP contribution in [0, 0.1) is 0 Å². The van der Waals surface area contributed by atoms with Crippen molar-refractivity contribution in [1.29, 1.82) is 0 Å². The van der Waals surface area contributed by atoms with Crippen LogP contribution in [-0.2, 0) is 0 Å². The summed E-state index contributed by atoms with van der Waals surface area (Å²) in [7, 11) is 1.45. The minimum Gasteiger partial charge on any atom is -0.508 e. The van der Waals surface area contributed by atoms with Crippen molar-refractivity contribution in [3.05, 3.63) is 18.2 Å². The molecule has 0 spiro atoms. The smallest absolute Gasteiger partial charge is 0.147 e. The fraction of sp³-hybridized carbons (Fsp3) is 0.143. The molecule has 0 aromatic heterocycles. The van der Waals surface area contributed by atoms with Gasteiger partial charge < -0.3 is 9.84 Å². The van der Waals surface area contributed by atoms with Gasteiger partial charge in [0.1, 0.15) is 17.2 Å². The summed E-state index contributed by atoms with van der Waals surface area (Å²) < 4.78 is 4.83. The van der Waals surface area contributed by atoms with E-state index in [-0.39, 0.29) is 5.75 Å². The van der Waals surface area contributed by atoms with Crippen molar-refractivity contribution in [2.75, 3.05) is 12.6 Å². The molecule has 0 heterocycles. The van der Waals surface area contributed by atoms with Crippen molar-refractivity contribution in [2.45, 2.75) is 0 Å². The van der Waals surface area contributed by atoms with Gasteiger partial charge in [0.05, 0.1) is 7.11 Å². The van der Waals surface area contributed by atoms with Crippen molar-refractivity contribution in [1.82, 2.24) is 0 Å². The average Bonchev–Trinajstić information content (AvgIpc) is 2.04. The summed E-state index contributed by atoms with van der Waals surface area (Å²) in [5.74, 6) is 0.494. The number of ether oxygens (including phenoxy) is 1. The molecule has 0 amide bonds. The maximum atomic E-state index is 8.97. The monoisotopic (exact) mass is 155 g/mol. The standard InChI is InChI=1S/C7H9NO3/c1-11-7-4-5(9)2-3-6(7)8-10/h2-4,8-10H,1H3. The number of phenols is 1. The molecular weight excluding hydrogens is 146 g/mol. The lowest BCUT2D eigenvalue weighted by Gasteiger charge is -2.05. The van der Waals surface area contributed by atoms with E-state index in [1.165, 1.54) is 25.3 Å². The third-order valence-electron chi connectivity index (χ3n) is 1.31. The van der Waals surface area contributed by atoms with Crippen LogP contribution in [0.2, 0.25) is 0 Å². The molecule has 1 rings (SSSR count). The van der Waals surface area contributed by atoms with Gasteiger partial charge in [-0.2, -0.15) is 0 Å². The number of methoxy groups -OCH3 is 1. The first-order valence-corrected chi connectivity index (χ1v) is 3.05. The summed E-state index contributed by atoms with van der Waals surface area (Å²) in [4.78, 5) is 0. The van der Waals surface area contributed by atoms with Gasteiger partial charge in [-0.05, 0) is 12.1 Å². The molecule has 0 saturated carbocycles. The van der Waals surface area contributed by atoms with E-state index in [1.54, 1.807) is 0 Å². The van der Waals surface area contributed by atoms with Gasteiger partial charge in [-0.1, -0.05) is 0 Å². The van der Waals surface area contributed by atoms with Crippen LogP contribution in [0.3, 0.4) is 0 Å². The van der Waals surface area contributed by atoms with Crippen LogP contribution in [0.15, 0.2) is 18.2 Å². The van der Waals surface area contributed by atoms with Gasteiger partial charge in [-0.25, -0.2) is 0 Å². The van der Waals surface area contributed by atoms with Crippen LogP contribution in [0.4, 0.5) is 5.69 Å². The van der Waals surface area contributed by atoms with Crippen molar-refractivity contribution in [3.8, 4) is 11.5 Å². The maximum absolute atomic E-state index is 8.97. The zero-order chi connectivity index (χ0) is 8.27. The summed E-state index contributed by atoms with van der Waals surface area (Å²) in [5.41, 5.74) is 2.36. The van der Waals surface area contributed by atoms with E-state index in [9.17, 15) is 0 Å². The Hall–Kier alpha value is -1.42. The molecule has 0 aliphatic rings. The summed E-state index contributed by atoms with van der Waals surface area (Å²) >= 11 is 0. The van der Waals surface area contributed by atoms with Crippen LogP contribution >= 0.6 is 0 Å². The number of aromatic hydroxyl groups is 1. The lowest BCUT2D eigenvalue weighted by atomic mass is 10.3.